The Morgan fingerprint density at radius 3 is 3.05 bits per heavy atom. The Labute approximate surface area is 123 Å². The van der Waals surface area contributed by atoms with Crippen molar-refractivity contribution < 1.29 is 23.8 Å². The van der Waals surface area contributed by atoms with E-state index in [9.17, 15) is 9.59 Å². The first-order chi connectivity index (χ1) is 10.1. The van der Waals surface area contributed by atoms with Crippen LogP contribution in [0.2, 0.25) is 0 Å². The van der Waals surface area contributed by atoms with Crippen molar-refractivity contribution in [3.8, 4) is 0 Å². The van der Waals surface area contributed by atoms with Crippen LogP contribution in [0.3, 0.4) is 0 Å². The van der Waals surface area contributed by atoms with Crippen molar-refractivity contribution in [2.24, 2.45) is 0 Å². The highest BCUT2D eigenvalue weighted by molar-refractivity contribution is 7.98. The molecule has 10 heteroatoms. The van der Waals surface area contributed by atoms with Crippen molar-refractivity contribution >= 4 is 23.7 Å². The van der Waals surface area contributed by atoms with Crippen LogP contribution < -0.4 is 0 Å². The normalized spacial score (nSPS) is 10.5. The number of tetrazole rings is 1. The average molecular weight is 312 g/mol. The molecule has 2 heterocycles. The first-order valence-electron chi connectivity index (χ1n) is 5.96. The molecule has 112 valence electrons. The monoisotopic (exact) mass is 312 g/mol. The van der Waals surface area contributed by atoms with Crippen LogP contribution in [0.5, 0.6) is 0 Å². The second-order valence-electron chi connectivity index (χ2n) is 3.78. The van der Waals surface area contributed by atoms with E-state index >= 15 is 0 Å². The molecule has 9 nitrogen and oxygen atoms in total. The fourth-order valence-corrected chi connectivity index (χ4v) is 2.33. The third-order valence-corrected chi connectivity index (χ3v) is 3.31. The highest BCUT2D eigenvalue weighted by Gasteiger charge is 2.17. The molecule has 0 aliphatic carbocycles. The summed E-state index contributed by atoms with van der Waals surface area (Å²) in [6, 6.07) is 1.52. The zero-order valence-corrected chi connectivity index (χ0v) is 11.9. The van der Waals surface area contributed by atoms with E-state index in [1.807, 2.05) is 0 Å². The van der Waals surface area contributed by atoms with Gasteiger partial charge in [-0.2, -0.15) is 0 Å². The molecule has 0 aromatic carbocycles. The van der Waals surface area contributed by atoms with Crippen LogP contribution in [0.1, 0.15) is 23.0 Å². The van der Waals surface area contributed by atoms with Crippen LogP contribution in [0.15, 0.2) is 21.9 Å². The van der Waals surface area contributed by atoms with Crippen molar-refractivity contribution in [2.75, 3.05) is 6.61 Å². The van der Waals surface area contributed by atoms with Crippen LogP contribution in [0, 0.1) is 0 Å². The van der Waals surface area contributed by atoms with Crippen LogP contribution >= 0.6 is 11.8 Å². The van der Waals surface area contributed by atoms with Gasteiger partial charge in [0.1, 0.15) is 17.9 Å². The topological polar surface area (TPSA) is 120 Å². The molecule has 21 heavy (non-hydrogen) atoms. The number of aliphatic carboxylic acids is 1. The van der Waals surface area contributed by atoms with E-state index in [4.69, 9.17) is 14.3 Å². The molecule has 0 amide bonds. The summed E-state index contributed by atoms with van der Waals surface area (Å²) >= 11 is 1.17. The molecule has 2 aromatic rings. The minimum Gasteiger partial charge on any atom is -0.480 e. The highest BCUT2D eigenvalue weighted by atomic mass is 32.2. The zero-order chi connectivity index (χ0) is 15.2. The zero-order valence-electron chi connectivity index (χ0n) is 11.1. The number of carbonyl (C=O) groups is 2. The number of carboxylic acids is 1. The SMILES string of the molecule is CCOC(=O)c1ccoc1CSc1nnnn1CC(=O)O. The number of ether oxygens (including phenoxy) is 1. The summed E-state index contributed by atoms with van der Waals surface area (Å²) in [4.78, 5) is 22.3. The van der Waals surface area contributed by atoms with Gasteiger partial charge in [-0.15, -0.1) is 5.10 Å². The molecule has 2 rings (SSSR count). The van der Waals surface area contributed by atoms with Gasteiger partial charge in [0, 0.05) is 0 Å². The second kappa shape index (κ2) is 6.88. The number of aromatic nitrogens is 4. The number of thioether (sulfide) groups is 1. The molecule has 0 aliphatic rings. The van der Waals surface area contributed by atoms with Crippen LogP contribution in [0.4, 0.5) is 0 Å². The molecule has 2 aromatic heterocycles. The lowest BCUT2D eigenvalue weighted by atomic mass is 10.3. The van der Waals surface area contributed by atoms with Gasteiger partial charge < -0.3 is 14.3 Å². The molecule has 0 bridgehead atoms. The molecule has 0 fully saturated rings. The summed E-state index contributed by atoms with van der Waals surface area (Å²) < 4.78 is 11.3. The summed E-state index contributed by atoms with van der Waals surface area (Å²) in [6.07, 6.45) is 1.39. The summed E-state index contributed by atoms with van der Waals surface area (Å²) in [6.45, 7) is 1.65. The molecule has 0 aliphatic heterocycles. The lowest BCUT2D eigenvalue weighted by Gasteiger charge is -2.03. The maximum Gasteiger partial charge on any atom is 0.341 e. The van der Waals surface area contributed by atoms with Gasteiger partial charge in [0.05, 0.1) is 18.6 Å². The van der Waals surface area contributed by atoms with E-state index in [0.717, 1.165) is 4.68 Å². The number of hydrogen-bond donors (Lipinski definition) is 1. The van der Waals surface area contributed by atoms with Crippen molar-refractivity contribution in [3.05, 3.63) is 23.7 Å². The number of hydrogen-bond acceptors (Lipinski definition) is 8. The molecular weight excluding hydrogens is 300 g/mol. The standard InChI is InChI=1S/C11H12N4O5S/c1-2-19-10(18)7-3-4-20-8(7)6-21-11-12-13-14-15(11)5-9(16)17/h3-4H,2,5-6H2,1H3,(H,16,17). The lowest BCUT2D eigenvalue weighted by Crippen LogP contribution is -2.11. The maximum atomic E-state index is 11.7. The summed E-state index contributed by atoms with van der Waals surface area (Å²) in [5.74, 6) is -0.814. The molecule has 0 radical (unpaired) electrons. The van der Waals surface area contributed by atoms with E-state index in [1.165, 1.54) is 24.1 Å². The summed E-state index contributed by atoms with van der Waals surface area (Å²) in [7, 11) is 0. The van der Waals surface area contributed by atoms with E-state index in [0.29, 0.717) is 16.5 Å². The van der Waals surface area contributed by atoms with Crippen LogP contribution in [0.25, 0.3) is 0 Å². The van der Waals surface area contributed by atoms with Crippen molar-refractivity contribution in [3.63, 3.8) is 0 Å². The fraction of sp³-hybridized carbons (Fsp3) is 0.364. The first-order valence-corrected chi connectivity index (χ1v) is 6.94. The molecule has 0 saturated carbocycles. The number of nitrogens with zero attached hydrogens (tertiary/aromatic N) is 4. The van der Waals surface area contributed by atoms with E-state index < -0.39 is 11.9 Å². The molecule has 1 N–H and O–H groups in total. The smallest absolute Gasteiger partial charge is 0.341 e. The Morgan fingerprint density at radius 2 is 2.33 bits per heavy atom. The Hall–Kier alpha value is -2.36. The van der Waals surface area contributed by atoms with Gasteiger partial charge in [-0.25, -0.2) is 9.48 Å². The number of esters is 1. The molecule has 0 unspecified atom stereocenters. The highest BCUT2D eigenvalue weighted by Crippen LogP contribution is 2.23. The van der Waals surface area contributed by atoms with Gasteiger partial charge >= 0.3 is 11.9 Å². The second-order valence-corrected chi connectivity index (χ2v) is 4.72. The predicted molar refractivity (Wildman–Crippen MR) is 69.7 cm³/mol. The van der Waals surface area contributed by atoms with Crippen molar-refractivity contribution in [2.45, 2.75) is 24.4 Å². The van der Waals surface area contributed by atoms with Gasteiger partial charge in [0.2, 0.25) is 5.16 Å². The van der Waals surface area contributed by atoms with Gasteiger partial charge in [-0.1, -0.05) is 11.8 Å². The summed E-state index contributed by atoms with van der Waals surface area (Å²) in [5, 5.41) is 19.8. The molecule has 0 atom stereocenters. The first kappa shape index (κ1) is 15.0. The molecule has 0 saturated heterocycles. The van der Waals surface area contributed by atoms with Gasteiger partial charge in [-0.3, -0.25) is 4.79 Å². The van der Waals surface area contributed by atoms with E-state index in [2.05, 4.69) is 15.5 Å². The van der Waals surface area contributed by atoms with Crippen molar-refractivity contribution in [1.82, 2.24) is 20.2 Å². The maximum absolute atomic E-state index is 11.7. The fourth-order valence-electron chi connectivity index (χ4n) is 1.50. The quantitative estimate of drug-likeness (QED) is 0.585. The van der Waals surface area contributed by atoms with Gasteiger partial charge in [0.25, 0.3) is 0 Å². The lowest BCUT2D eigenvalue weighted by molar-refractivity contribution is -0.138. The predicted octanol–water partition coefficient (Wildman–Crippen LogP) is 0.820. The summed E-state index contributed by atoms with van der Waals surface area (Å²) in [5.41, 5.74) is 0.335. The molecule has 0 spiro atoms. The number of carbonyl (C=O) groups excluding carboxylic acids is 1. The molecular formula is C11H12N4O5S. The van der Waals surface area contributed by atoms with Crippen LogP contribution in [-0.2, 0) is 21.8 Å². The largest absolute Gasteiger partial charge is 0.480 e. The Morgan fingerprint density at radius 1 is 1.52 bits per heavy atom. The van der Waals surface area contributed by atoms with Crippen LogP contribution in [-0.4, -0.2) is 43.9 Å². The minimum absolute atomic E-state index is 0.271. The third-order valence-electron chi connectivity index (χ3n) is 2.36. The van der Waals surface area contributed by atoms with E-state index in [-0.39, 0.29) is 18.9 Å². The Kier molecular flexibility index (Phi) is 4.93. The minimum atomic E-state index is -1.05. The average Bonchev–Trinajstić information content (AvgIpc) is 3.04. The number of furan rings is 1. The number of rotatable bonds is 7. The van der Waals surface area contributed by atoms with Crippen molar-refractivity contribution in [1.29, 1.82) is 0 Å². The Bertz CT molecular complexity index is 638. The third kappa shape index (κ3) is 3.81. The van der Waals surface area contributed by atoms with Gasteiger partial charge in [-0.05, 0) is 23.4 Å². The Balaban J connectivity index is 2.04. The van der Waals surface area contributed by atoms with Gasteiger partial charge in [0.15, 0.2) is 0 Å². The van der Waals surface area contributed by atoms with E-state index in [1.54, 1.807) is 6.92 Å². The number of carboxylic acid groups (broad SMARTS) is 1.